The molecule has 0 unspecified atom stereocenters. The fourth-order valence-electron chi connectivity index (χ4n) is 4.54. The first-order valence-electron chi connectivity index (χ1n) is 9.41. The van der Waals surface area contributed by atoms with Crippen LogP contribution in [0.4, 0.5) is 11.6 Å². The molecule has 0 aromatic carbocycles. The third kappa shape index (κ3) is 3.78. The topological polar surface area (TPSA) is 114 Å². The summed E-state index contributed by atoms with van der Waals surface area (Å²) in [7, 11) is 0. The van der Waals surface area contributed by atoms with E-state index in [0.717, 1.165) is 48.1 Å². The lowest BCUT2D eigenvalue weighted by Gasteiger charge is -2.42. The zero-order valence-corrected chi connectivity index (χ0v) is 17.4. The molecule has 2 aromatic rings. The molecule has 28 heavy (non-hydrogen) atoms. The number of hydrogen-bond acceptors (Lipinski definition) is 8. The molecule has 1 aliphatic carbocycles. The Bertz CT molecular complexity index is 854. The summed E-state index contributed by atoms with van der Waals surface area (Å²) in [5, 5.41) is 11.6. The number of aromatic nitrogens is 3. The van der Waals surface area contributed by atoms with Gasteiger partial charge >= 0.3 is 0 Å². The molecule has 9 heteroatoms. The average molecular weight is 421 g/mol. The molecule has 4 rings (SSSR count). The van der Waals surface area contributed by atoms with E-state index in [0.29, 0.717) is 17.3 Å². The Morgan fingerprint density at radius 3 is 2.61 bits per heavy atom. The van der Waals surface area contributed by atoms with Crippen molar-refractivity contribution in [1.82, 2.24) is 15.0 Å². The van der Waals surface area contributed by atoms with Crippen LogP contribution in [0.2, 0.25) is 5.02 Å². The van der Waals surface area contributed by atoms with Crippen LogP contribution in [0.25, 0.3) is 0 Å². The average Bonchev–Trinajstić information content (AvgIpc) is 2.88. The van der Waals surface area contributed by atoms with Crippen LogP contribution in [-0.2, 0) is 0 Å². The maximum Gasteiger partial charge on any atom is 0.147 e. The summed E-state index contributed by atoms with van der Waals surface area (Å²) in [6, 6.07) is 1.87. The van der Waals surface area contributed by atoms with E-state index < -0.39 is 5.60 Å². The first-order chi connectivity index (χ1) is 13.3. The molecule has 0 radical (unpaired) electrons. The van der Waals surface area contributed by atoms with E-state index in [1.54, 1.807) is 18.6 Å². The molecule has 1 saturated carbocycles. The molecule has 2 aromatic heterocycles. The summed E-state index contributed by atoms with van der Waals surface area (Å²) in [5.74, 6) is 1.17. The second-order valence-corrected chi connectivity index (χ2v) is 9.60. The van der Waals surface area contributed by atoms with Gasteiger partial charge in [-0.05, 0) is 44.1 Å². The van der Waals surface area contributed by atoms with Crippen molar-refractivity contribution in [3.63, 3.8) is 0 Å². The number of pyridine rings is 1. The molecule has 1 saturated heterocycles. The molecule has 2 atom stereocenters. The zero-order chi connectivity index (χ0) is 19.9. The normalized spacial score (nSPS) is 26.7. The van der Waals surface area contributed by atoms with Crippen molar-refractivity contribution < 1.29 is 5.11 Å². The van der Waals surface area contributed by atoms with E-state index in [1.165, 1.54) is 11.8 Å². The molecule has 1 spiro atoms. The lowest BCUT2D eigenvalue weighted by atomic mass is 9.73. The minimum atomic E-state index is -0.641. The van der Waals surface area contributed by atoms with E-state index >= 15 is 0 Å². The van der Waals surface area contributed by atoms with Crippen LogP contribution < -0.4 is 16.4 Å². The van der Waals surface area contributed by atoms with Crippen molar-refractivity contribution in [2.45, 2.75) is 54.2 Å². The van der Waals surface area contributed by atoms with Crippen molar-refractivity contribution >= 4 is 35.0 Å². The summed E-state index contributed by atoms with van der Waals surface area (Å²) < 4.78 is 0. The molecular formula is C19H25ClN6OS. The van der Waals surface area contributed by atoms with Gasteiger partial charge in [0.25, 0.3) is 0 Å². The number of nitrogen functional groups attached to an aromatic ring is 1. The third-order valence-corrected chi connectivity index (χ3v) is 7.46. The van der Waals surface area contributed by atoms with Crippen LogP contribution in [0, 0.1) is 5.41 Å². The SMILES string of the molecule is C[C@]1(O)C[C@@H](N)C2(CCN(c3cnc(Sc4ccnc(N)c4Cl)cn3)CC2)C1. The first-order valence-corrected chi connectivity index (χ1v) is 10.6. The van der Waals surface area contributed by atoms with E-state index in [4.69, 9.17) is 23.1 Å². The third-order valence-electron chi connectivity index (χ3n) is 5.97. The van der Waals surface area contributed by atoms with Gasteiger partial charge in [-0.3, -0.25) is 0 Å². The highest BCUT2D eigenvalue weighted by atomic mass is 35.5. The number of nitrogens with zero attached hydrogens (tertiary/aromatic N) is 4. The lowest BCUT2D eigenvalue weighted by Crippen LogP contribution is -2.47. The van der Waals surface area contributed by atoms with Crippen molar-refractivity contribution in [2.75, 3.05) is 23.7 Å². The minimum absolute atomic E-state index is 0.0429. The number of hydrogen-bond donors (Lipinski definition) is 3. The molecule has 5 N–H and O–H groups in total. The predicted octanol–water partition coefficient (Wildman–Crippen LogP) is 2.72. The molecule has 7 nitrogen and oxygen atoms in total. The van der Waals surface area contributed by atoms with Gasteiger partial charge < -0.3 is 21.5 Å². The number of rotatable bonds is 3. The van der Waals surface area contributed by atoms with Gasteiger partial charge in [-0.15, -0.1) is 0 Å². The second kappa shape index (κ2) is 7.33. The highest BCUT2D eigenvalue weighted by Crippen LogP contribution is 2.50. The summed E-state index contributed by atoms with van der Waals surface area (Å²) in [6.45, 7) is 3.65. The second-order valence-electron chi connectivity index (χ2n) is 8.16. The van der Waals surface area contributed by atoms with Gasteiger partial charge in [0.2, 0.25) is 0 Å². The number of anilines is 2. The molecule has 150 valence electrons. The molecule has 1 aliphatic heterocycles. The minimum Gasteiger partial charge on any atom is -0.390 e. The standard InChI is InChI=1S/C19H25ClN6OS/c1-18(27)8-13(21)19(11-18)3-6-26(7-4-19)14-9-25-15(10-24-14)28-12-2-5-23-17(22)16(12)20/h2,5,9-10,13,27H,3-4,6-8,11,21H2,1H3,(H2,22,23)/t13-,18+/m1/s1. The summed E-state index contributed by atoms with van der Waals surface area (Å²) in [6.07, 6.45) is 8.57. The van der Waals surface area contributed by atoms with Gasteiger partial charge in [-0.25, -0.2) is 15.0 Å². The van der Waals surface area contributed by atoms with Gasteiger partial charge in [0, 0.05) is 30.2 Å². The van der Waals surface area contributed by atoms with Gasteiger partial charge in [0.15, 0.2) is 0 Å². The Labute approximate surface area is 173 Å². The van der Waals surface area contributed by atoms with Crippen LogP contribution in [0.3, 0.4) is 0 Å². The first kappa shape index (κ1) is 19.7. The van der Waals surface area contributed by atoms with E-state index in [2.05, 4.69) is 19.9 Å². The van der Waals surface area contributed by atoms with Crippen molar-refractivity contribution in [1.29, 1.82) is 0 Å². The monoisotopic (exact) mass is 420 g/mol. The number of halogens is 1. The Morgan fingerprint density at radius 1 is 1.25 bits per heavy atom. The fourth-order valence-corrected chi connectivity index (χ4v) is 5.53. The van der Waals surface area contributed by atoms with Gasteiger partial charge in [0.05, 0.1) is 23.0 Å². The Balaban J connectivity index is 1.41. The smallest absolute Gasteiger partial charge is 0.147 e. The predicted molar refractivity (Wildman–Crippen MR) is 112 cm³/mol. The summed E-state index contributed by atoms with van der Waals surface area (Å²) >= 11 is 7.61. The fraction of sp³-hybridized carbons (Fsp3) is 0.526. The van der Waals surface area contributed by atoms with Crippen molar-refractivity contribution in [3.05, 3.63) is 29.7 Å². The molecule has 2 aliphatic rings. The quantitative estimate of drug-likeness (QED) is 0.694. The van der Waals surface area contributed by atoms with Crippen LogP contribution in [0.15, 0.2) is 34.6 Å². The van der Waals surface area contributed by atoms with E-state index in [1.807, 2.05) is 13.0 Å². The number of piperidine rings is 1. The van der Waals surface area contributed by atoms with Crippen LogP contribution in [-0.4, -0.2) is 44.8 Å². The maximum atomic E-state index is 10.4. The number of aliphatic hydroxyl groups is 1. The van der Waals surface area contributed by atoms with Crippen LogP contribution in [0.5, 0.6) is 0 Å². The zero-order valence-electron chi connectivity index (χ0n) is 15.8. The van der Waals surface area contributed by atoms with Gasteiger partial charge in [-0.2, -0.15) is 0 Å². The molecule has 0 bridgehead atoms. The summed E-state index contributed by atoms with van der Waals surface area (Å²) in [4.78, 5) is 16.1. The van der Waals surface area contributed by atoms with E-state index in [-0.39, 0.29) is 11.5 Å². The molecule has 0 amide bonds. The Hall–Kier alpha value is -1.61. The van der Waals surface area contributed by atoms with Gasteiger partial charge in [-0.1, -0.05) is 23.4 Å². The Kier molecular flexibility index (Phi) is 5.16. The lowest BCUT2D eigenvalue weighted by molar-refractivity contribution is 0.0480. The van der Waals surface area contributed by atoms with E-state index in [9.17, 15) is 5.11 Å². The van der Waals surface area contributed by atoms with Crippen molar-refractivity contribution in [2.24, 2.45) is 11.1 Å². The highest BCUT2D eigenvalue weighted by molar-refractivity contribution is 7.99. The molecule has 2 fully saturated rings. The maximum absolute atomic E-state index is 10.4. The molecule has 3 heterocycles. The van der Waals surface area contributed by atoms with Gasteiger partial charge in [0.1, 0.15) is 16.7 Å². The molecular weight excluding hydrogens is 396 g/mol. The van der Waals surface area contributed by atoms with Crippen LogP contribution >= 0.6 is 23.4 Å². The highest BCUT2D eigenvalue weighted by Gasteiger charge is 2.51. The summed E-state index contributed by atoms with van der Waals surface area (Å²) in [5.41, 5.74) is 11.5. The largest absolute Gasteiger partial charge is 0.390 e. The Morgan fingerprint density at radius 2 is 2.00 bits per heavy atom. The van der Waals surface area contributed by atoms with Crippen LogP contribution in [0.1, 0.15) is 32.6 Å². The van der Waals surface area contributed by atoms with Crippen molar-refractivity contribution in [3.8, 4) is 0 Å². The number of nitrogens with two attached hydrogens (primary N) is 2.